The lowest BCUT2D eigenvalue weighted by molar-refractivity contribution is 0.186. The predicted octanol–water partition coefficient (Wildman–Crippen LogP) is 4.07. The molecule has 0 saturated carbocycles. The number of hydrogen-bond donors (Lipinski definition) is 2. The number of hydrogen-bond acceptors (Lipinski definition) is 2. The molecule has 2 nitrogen and oxygen atoms in total. The van der Waals surface area contributed by atoms with E-state index in [9.17, 15) is 13.9 Å². The Morgan fingerprint density at radius 3 is 2.70 bits per heavy atom. The summed E-state index contributed by atoms with van der Waals surface area (Å²) in [6.45, 7) is 1.90. The second kappa shape index (κ2) is 6.20. The molecule has 1 unspecified atom stereocenters. The maximum Gasteiger partial charge on any atom is 0.129 e. The molecule has 106 valence electrons. The van der Waals surface area contributed by atoms with Crippen molar-refractivity contribution in [2.24, 2.45) is 0 Å². The molecule has 0 amide bonds. The van der Waals surface area contributed by atoms with E-state index in [2.05, 4.69) is 5.32 Å². The number of rotatable bonds is 4. The zero-order valence-electron chi connectivity index (χ0n) is 10.8. The molecule has 5 heteroatoms. The van der Waals surface area contributed by atoms with Crippen LogP contribution in [0.15, 0.2) is 36.4 Å². The average Bonchev–Trinajstić information content (AvgIpc) is 2.40. The first-order chi connectivity index (χ1) is 9.49. The molecule has 2 aromatic carbocycles. The van der Waals surface area contributed by atoms with E-state index >= 15 is 0 Å². The largest absolute Gasteiger partial charge is 0.386 e. The Balaban J connectivity index is 2.13. The molecule has 0 saturated heterocycles. The SMILES string of the molecule is Cc1cccc(Cl)c1NCC(O)c1cc(F)ccc1F. The lowest BCUT2D eigenvalue weighted by Gasteiger charge is -2.16. The van der Waals surface area contributed by atoms with Crippen LogP contribution in [-0.4, -0.2) is 11.7 Å². The van der Waals surface area contributed by atoms with Gasteiger partial charge >= 0.3 is 0 Å². The molecule has 0 heterocycles. The molecular formula is C15H14ClF2NO. The minimum atomic E-state index is -1.17. The van der Waals surface area contributed by atoms with Crippen LogP contribution in [0.25, 0.3) is 0 Å². The first kappa shape index (κ1) is 14.8. The average molecular weight is 298 g/mol. The second-order valence-electron chi connectivity index (χ2n) is 4.49. The highest BCUT2D eigenvalue weighted by atomic mass is 35.5. The van der Waals surface area contributed by atoms with Gasteiger partial charge in [-0.15, -0.1) is 0 Å². The van der Waals surface area contributed by atoms with E-state index in [4.69, 9.17) is 11.6 Å². The summed E-state index contributed by atoms with van der Waals surface area (Å²) in [7, 11) is 0. The van der Waals surface area contributed by atoms with Crippen molar-refractivity contribution < 1.29 is 13.9 Å². The second-order valence-corrected chi connectivity index (χ2v) is 4.90. The van der Waals surface area contributed by atoms with E-state index in [-0.39, 0.29) is 12.1 Å². The normalized spacial score (nSPS) is 12.2. The molecule has 1 atom stereocenters. The Morgan fingerprint density at radius 2 is 2.00 bits per heavy atom. The molecule has 0 radical (unpaired) electrons. The molecule has 0 aliphatic rings. The highest BCUT2D eigenvalue weighted by Gasteiger charge is 2.14. The Morgan fingerprint density at radius 1 is 1.25 bits per heavy atom. The number of para-hydroxylation sites is 1. The monoisotopic (exact) mass is 297 g/mol. The predicted molar refractivity (Wildman–Crippen MR) is 76.0 cm³/mol. The van der Waals surface area contributed by atoms with Crippen LogP contribution in [0.1, 0.15) is 17.2 Å². The maximum atomic E-state index is 13.5. The number of aryl methyl sites for hydroxylation is 1. The van der Waals surface area contributed by atoms with Crippen LogP contribution in [0.2, 0.25) is 5.02 Å². The van der Waals surface area contributed by atoms with Gasteiger partial charge in [0.05, 0.1) is 16.8 Å². The van der Waals surface area contributed by atoms with Crippen LogP contribution in [0.4, 0.5) is 14.5 Å². The van der Waals surface area contributed by atoms with Crippen molar-refractivity contribution >= 4 is 17.3 Å². The van der Waals surface area contributed by atoms with E-state index in [1.165, 1.54) is 0 Å². The van der Waals surface area contributed by atoms with Gasteiger partial charge in [-0.25, -0.2) is 8.78 Å². The van der Waals surface area contributed by atoms with Gasteiger partial charge in [-0.3, -0.25) is 0 Å². The van der Waals surface area contributed by atoms with Gasteiger partial charge < -0.3 is 10.4 Å². The summed E-state index contributed by atoms with van der Waals surface area (Å²) in [5.74, 6) is -1.23. The highest BCUT2D eigenvalue weighted by molar-refractivity contribution is 6.33. The van der Waals surface area contributed by atoms with Gasteiger partial charge in [0, 0.05) is 12.1 Å². The first-order valence-corrected chi connectivity index (χ1v) is 6.49. The summed E-state index contributed by atoms with van der Waals surface area (Å²) in [4.78, 5) is 0. The summed E-state index contributed by atoms with van der Waals surface area (Å²) < 4.78 is 26.6. The molecule has 0 bridgehead atoms. The van der Waals surface area contributed by atoms with Crippen molar-refractivity contribution in [2.75, 3.05) is 11.9 Å². The third kappa shape index (κ3) is 3.26. The fraction of sp³-hybridized carbons (Fsp3) is 0.200. The van der Waals surface area contributed by atoms with Crippen molar-refractivity contribution in [3.05, 3.63) is 64.2 Å². The van der Waals surface area contributed by atoms with E-state index < -0.39 is 17.7 Å². The van der Waals surface area contributed by atoms with Crippen LogP contribution in [-0.2, 0) is 0 Å². The molecule has 0 fully saturated rings. The minimum absolute atomic E-state index is 0.0327. The Bertz CT molecular complexity index is 599. The molecular weight excluding hydrogens is 284 g/mol. The third-order valence-corrected chi connectivity index (χ3v) is 3.33. The zero-order chi connectivity index (χ0) is 14.7. The number of anilines is 1. The molecule has 0 aliphatic heterocycles. The van der Waals surface area contributed by atoms with E-state index in [0.29, 0.717) is 10.7 Å². The lowest BCUT2D eigenvalue weighted by atomic mass is 10.1. The molecule has 2 N–H and O–H groups in total. The molecule has 0 aromatic heterocycles. The van der Waals surface area contributed by atoms with Crippen LogP contribution < -0.4 is 5.32 Å². The molecule has 2 aromatic rings. The number of benzene rings is 2. The van der Waals surface area contributed by atoms with Crippen LogP contribution in [0, 0.1) is 18.6 Å². The van der Waals surface area contributed by atoms with E-state index in [0.717, 1.165) is 23.8 Å². The summed E-state index contributed by atoms with van der Waals surface area (Å²) in [6.07, 6.45) is -1.17. The Labute approximate surface area is 121 Å². The summed E-state index contributed by atoms with van der Waals surface area (Å²) in [5, 5.41) is 13.4. The van der Waals surface area contributed by atoms with Crippen molar-refractivity contribution in [1.82, 2.24) is 0 Å². The smallest absolute Gasteiger partial charge is 0.129 e. The number of aliphatic hydroxyl groups excluding tert-OH is 1. The molecule has 0 aliphatic carbocycles. The van der Waals surface area contributed by atoms with Gasteiger partial charge in [0.1, 0.15) is 11.6 Å². The van der Waals surface area contributed by atoms with Gasteiger partial charge in [-0.2, -0.15) is 0 Å². The maximum absolute atomic E-state index is 13.5. The van der Waals surface area contributed by atoms with Crippen molar-refractivity contribution in [3.63, 3.8) is 0 Å². The Hall–Kier alpha value is -1.65. The topological polar surface area (TPSA) is 32.3 Å². The fourth-order valence-corrected chi connectivity index (χ4v) is 2.22. The first-order valence-electron chi connectivity index (χ1n) is 6.11. The molecule has 2 rings (SSSR count). The highest BCUT2D eigenvalue weighted by Crippen LogP contribution is 2.26. The van der Waals surface area contributed by atoms with Gasteiger partial charge in [0.25, 0.3) is 0 Å². The number of aliphatic hydroxyl groups is 1. The number of nitrogens with one attached hydrogen (secondary N) is 1. The van der Waals surface area contributed by atoms with Crippen molar-refractivity contribution in [3.8, 4) is 0 Å². The summed E-state index contributed by atoms with van der Waals surface area (Å²) >= 11 is 6.04. The van der Waals surface area contributed by atoms with Gasteiger partial charge in [0.2, 0.25) is 0 Å². The van der Waals surface area contributed by atoms with Gasteiger partial charge in [-0.1, -0.05) is 23.7 Å². The van der Waals surface area contributed by atoms with Crippen LogP contribution in [0.5, 0.6) is 0 Å². The van der Waals surface area contributed by atoms with Crippen molar-refractivity contribution in [2.45, 2.75) is 13.0 Å². The zero-order valence-corrected chi connectivity index (χ0v) is 11.6. The standard InChI is InChI=1S/C15H14ClF2NO/c1-9-3-2-4-12(16)15(9)19-8-14(20)11-7-10(17)5-6-13(11)18/h2-7,14,19-20H,8H2,1H3. The van der Waals surface area contributed by atoms with Gasteiger partial charge in [0.15, 0.2) is 0 Å². The third-order valence-electron chi connectivity index (χ3n) is 3.01. The van der Waals surface area contributed by atoms with Gasteiger partial charge in [-0.05, 0) is 36.8 Å². The van der Waals surface area contributed by atoms with E-state index in [1.807, 2.05) is 19.1 Å². The Kier molecular flexibility index (Phi) is 4.57. The van der Waals surface area contributed by atoms with Crippen LogP contribution >= 0.6 is 11.6 Å². The summed E-state index contributed by atoms with van der Waals surface area (Å²) in [5.41, 5.74) is 1.50. The van der Waals surface area contributed by atoms with Crippen LogP contribution in [0.3, 0.4) is 0 Å². The summed E-state index contributed by atoms with van der Waals surface area (Å²) in [6, 6.07) is 8.38. The fourth-order valence-electron chi connectivity index (χ4n) is 1.93. The lowest BCUT2D eigenvalue weighted by Crippen LogP contribution is -2.14. The quantitative estimate of drug-likeness (QED) is 0.891. The van der Waals surface area contributed by atoms with Crippen molar-refractivity contribution in [1.29, 1.82) is 0 Å². The number of halogens is 3. The minimum Gasteiger partial charge on any atom is -0.386 e. The molecule has 20 heavy (non-hydrogen) atoms. The molecule has 0 spiro atoms. The van der Waals surface area contributed by atoms with E-state index in [1.54, 1.807) is 6.07 Å².